The van der Waals surface area contributed by atoms with Crippen LogP contribution in [0.5, 0.6) is 0 Å². The molecular weight excluding hydrogens is 268 g/mol. The second kappa shape index (κ2) is 6.53. The maximum atomic E-state index is 11.6. The van der Waals surface area contributed by atoms with Gasteiger partial charge in [-0.05, 0) is 23.1 Å². The number of nitrogens with one attached hydrogen (secondary N) is 1. The van der Waals surface area contributed by atoms with Gasteiger partial charge in [-0.15, -0.1) is 0 Å². The lowest BCUT2D eigenvalue weighted by Gasteiger charge is -2.22. The topological polar surface area (TPSA) is 98.3 Å². The smallest absolute Gasteiger partial charge is 0.337 e. The van der Waals surface area contributed by atoms with Crippen LogP contribution in [0.1, 0.15) is 36.7 Å². The van der Waals surface area contributed by atoms with Crippen molar-refractivity contribution in [3.63, 3.8) is 0 Å². The molecular formula is C15H16N4O2. The van der Waals surface area contributed by atoms with Crippen LogP contribution in [-0.2, 0) is 10.2 Å². The van der Waals surface area contributed by atoms with Gasteiger partial charge in [0.05, 0.1) is 18.4 Å². The summed E-state index contributed by atoms with van der Waals surface area (Å²) in [6.07, 6.45) is 0. The fourth-order valence-corrected chi connectivity index (χ4v) is 1.73. The van der Waals surface area contributed by atoms with Gasteiger partial charge >= 0.3 is 5.97 Å². The van der Waals surface area contributed by atoms with E-state index in [2.05, 4.69) is 15.3 Å². The zero-order valence-electron chi connectivity index (χ0n) is 12.4. The Morgan fingerprint density at radius 1 is 1.29 bits per heavy atom. The molecule has 0 spiro atoms. The molecule has 0 atom stereocenters. The van der Waals surface area contributed by atoms with Gasteiger partial charge in [0.2, 0.25) is 5.71 Å². The molecule has 0 saturated carbocycles. The fourth-order valence-electron chi connectivity index (χ4n) is 1.73. The van der Waals surface area contributed by atoms with Gasteiger partial charge in [-0.25, -0.2) is 4.79 Å². The van der Waals surface area contributed by atoms with Crippen molar-refractivity contribution in [2.45, 2.75) is 26.2 Å². The molecule has 0 radical (unpaired) electrons. The van der Waals surface area contributed by atoms with Crippen LogP contribution in [0.2, 0.25) is 0 Å². The van der Waals surface area contributed by atoms with Gasteiger partial charge in [-0.1, -0.05) is 26.8 Å². The maximum absolute atomic E-state index is 11.6. The van der Waals surface area contributed by atoms with Gasteiger partial charge in [0.25, 0.3) is 0 Å². The van der Waals surface area contributed by atoms with Crippen molar-refractivity contribution in [1.82, 2.24) is 0 Å². The Hall–Kier alpha value is -2.86. The lowest BCUT2D eigenvalue weighted by atomic mass is 9.85. The van der Waals surface area contributed by atoms with E-state index in [9.17, 15) is 4.79 Å². The number of esters is 1. The lowest BCUT2D eigenvalue weighted by Crippen LogP contribution is -2.15. The van der Waals surface area contributed by atoms with Crippen molar-refractivity contribution in [3.05, 3.63) is 29.3 Å². The Morgan fingerprint density at radius 3 is 2.38 bits per heavy atom. The molecule has 1 rings (SSSR count). The van der Waals surface area contributed by atoms with Crippen molar-refractivity contribution >= 4 is 17.4 Å². The first-order valence-electron chi connectivity index (χ1n) is 6.20. The van der Waals surface area contributed by atoms with Gasteiger partial charge in [0.1, 0.15) is 12.1 Å². The summed E-state index contributed by atoms with van der Waals surface area (Å²) in [7, 11) is 1.30. The summed E-state index contributed by atoms with van der Waals surface area (Å²) in [6.45, 7) is 6.01. The third kappa shape index (κ3) is 4.05. The molecule has 6 nitrogen and oxygen atoms in total. The minimum absolute atomic E-state index is 0.202. The summed E-state index contributed by atoms with van der Waals surface area (Å²) in [6, 6.07) is 8.37. The molecule has 108 valence electrons. The highest BCUT2D eigenvalue weighted by Gasteiger charge is 2.20. The fraction of sp³-hybridized carbons (Fsp3) is 0.333. The van der Waals surface area contributed by atoms with Gasteiger partial charge < -0.3 is 4.74 Å². The molecule has 21 heavy (non-hydrogen) atoms. The highest BCUT2D eigenvalue weighted by atomic mass is 16.5. The number of anilines is 1. The molecule has 0 amide bonds. The normalized spacial score (nSPS) is 10.0. The van der Waals surface area contributed by atoms with Crippen LogP contribution >= 0.6 is 0 Å². The minimum Gasteiger partial charge on any atom is -0.465 e. The van der Waals surface area contributed by atoms with E-state index in [1.807, 2.05) is 20.8 Å². The van der Waals surface area contributed by atoms with Crippen LogP contribution in [0.25, 0.3) is 0 Å². The molecule has 0 bridgehead atoms. The summed E-state index contributed by atoms with van der Waals surface area (Å²) in [5, 5.41) is 21.1. The number of hydrogen-bond donors (Lipinski definition) is 1. The molecule has 0 aliphatic rings. The summed E-state index contributed by atoms with van der Waals surface area (Å²) in [4.78, 5) is 11.6. The quantitative estimate of drug-likeness (QED) is 0.522. The third-order valence-electron chi connectivity index (χ3n) is 2.75. The number of carbonyl (C=O) groups excluding carboxylic acids is 1. The highest BCUT2D eigenvalue weighted by molar-refractivity contribution is 6.10. The average Bonchev–Trinajstić information content (AvgIpc) is 2.46. The molecule has 0 aliphatic heterocycles. The summed E-state index contributed by atoms with van der Waals surface area (Å²) in [5.41, 5.74) is 3.99. The summed E-state index contributed by atoms with van der Waals surface area (Å²) >= 11 is 0. The molecule has 0 heterocycles. The molecule has 1 aromatic rings. The third-order valence-corrected chi connectivity index (χ3v) is 2.75. The number of nitrogens with zero attached hydrogens (tertiary/aromatic N) is 3. The first-order chi connectivity index (χ1) is 9.83. The lowest BCUT2D eigenvalue weighted by molar-refractivity contribution is 0.0600. The predicted octanol–water partition coefficient (Wildman–Crippen LogP) is 2.59. The van der Waals surface area contributed by atoms with Crippen LogP contribution in [0.3, 0.4) is 0 Å². The summed E-state index contributed by atoms with van der Waals surface area (Å²) in [5.74, 6) is -0.469. The first-order valence-corrected chi connectivity index (χ1v) is 6.20. The Bertz CT molecular complexity index is 642. The van der Waals surface area contributed by atoms with Crippen LogP contribution in [0.4, 0.5) is 5.69 Å². The SMILES string of the molecule is COC(=O)c1ccc(C(C)(C)C)c(NN=C(C#N)C#N)c1. The monoisotopic (exact) mass is 284 g/mol. The largest absolute Gasteiger partial charge is 0.465 e. The number of hydrogen-bond acceptors (Lipinski definition) is 6. The zero-order chi connectivity index (χ0) is 16.0. The van der Waals surface area contributed by atoms with E-state index >= 15 is 0 Å². The number of nitriles is 2. The maximum Gasteiger partial charge on any atom is 0.337 e. The van der Waals surface area contributed by atoms with Gasteiger partial charge in [-0.3, -0.25) is 5.43 Å². The molecule has 0 aromatic heterocycles. The number of methoxy groups -OCH3 is 1. The van der Waals surface area contributed by atoms with Crippen LogP contribution in [-0.4, -0.2) is 18.8 Å². The Morgan fingerprint density at radius 2 is 1.90 bits per heavy atom. The molecule has 1 aromatic carbocycles. The van der Waals surface area contributed by atoms with Crippen molar-refractivity contribution in [2.24, 2.45) is 5.10 Å². The van der Waals surface area contributed by atoms with Crippen LogP contribution < -0.4 is 5.43 Å². The van der Waals surface area contributed by atoms with Crippen molar-refractivity contribution in [2.75, 3.05) is 12.5 Å². The van der Waals surface area contributed by atoms with Gasteiger partial charge in [-0.2, -0.15) is 15.6 Å². The molecule has 1 N–H and O–H groups in total. The van der Waals surface area contributed by atoms with E-state index in [1.54, 1.807) is 30.3 Å². The van der Waals surface area contributed by atoms with E-state index in [0.29, 0.717) is 11.3 Å². The summed E-state index contributed by atoms with van der Waals surface area (Å²) < 4.78 is 4.68. The van der Waals surface area contributed by atoms with E-state index < -0.39 is 5.97 Å². The Balaban J connectivity index is 3.31. The van der Waals surface area contributed by atoms with E-state index in [-0.39, 0.29) is 11.1 Å². The van der Waals surface area contributed by atoms with Gasteiger partial charge in [0.15, 0.2) is 0 Å². The minimum atomic E-state index is -0.469. The first kappa shape index (κ1) is 16.2. The van der Waals surface area contributed by atoms with Crippen LogP contribution in [0.15, 0.2) is 23.3 Å². The molecule has 0 saturated heterocycles. The molecule has 6 heteroatoms. The number of rotatable bonds is 3. The zero-order valence-corrected chi connectivity index (χ0v) is 12.4. The molecule has 0 fully saturated rings. The van der Waals surface area contributed by atoms with Crippen molar-refractivity contribution in [3.8, 4) is 12.1 Å². The second-order valence-corrected chi connectivity index (χ2v) is 5.30. The standard InChI is InChI=1S/C15H16N4O2/c1-15(2,3)12-6-5-10(14(20)21-4)7-13(12)19-18-11(8-16)9-17/h5-7,19H,1-4H3. The highest BCUT2D eigenvalue weighted by Crippen LogP contribution is 2.30. The molecule has 0 aliphatic carbocycles. The van der Waals surface area contributed by atoms with E-state index in [1.165, 1.54) is 7.11 Å². The number of carbonyl (C=O) groups is 1. The van der Waals surface area contributed by atoms with E-state index in [0.717, 1.165) is 5.56 Å². The van der Waals surface area contributed by atoms with Crippen molar-refractivity contribution < 1.29 is 9.53 Å². The van der Waals surface area contributed by atoms with Gasteiger partial charge in [0, 0.05) is 0 Å². The van der Waals surface area contributed by atoms with Crippen LogP contribution in [0, 0.1) is 22.7 Å². The predicted molar refractivity (Wildman–Crippen MR) is 78.8 cm³/mol. The number of ether oxygens (including phenoxy) is 1. The number of hydrazone groups is 1. The molecule has 0 unspecified atom stereocenters. The number of benzene rings is 1. The second-order valence-electron chi connectivity index (χ2n) is 5.30. The van der Waals surface area contributed by atoms with Crippen molar-refractivity contribution in [1.29, 1.82) is 10.5 Å². The average molecular weight is 284 g/mol. The Labute approximate surface area is 123 Å². The Kier molecular flexibility index (Phi) is 5.04. The van der Waals surface area contributed by atoms with E-state index in [4.69, 9.17) is 10.5 Å².